The summed E-state index contributed by atoms with van der Waals surface area (Å²) >= 11 is 0. The summed E-state index contributed by atoms with van der Waals surface area (Å²) in [5, 5.41) is 10.6. The molecule has 1 N–H and O–H groups in total. The molecule has 9 nitrogen and oxygen atoms in total. The molecule has 182 valence electrons. The quantitative estimate of drug-likeness (QED) is 0.218. The van der Waals surface area contributed by atoms with E-state index in [4.69, 9.17) is 26.6 Å². The third kappa shape index (κ3) is 8.48. The molecule has 1 aromatic carbocycles. The second kappa shape index (κ2) is 14.7. The average molecular weight is 487 g/mol. The van der Waals surface area contributed by atoms with Gasteiger partial charge in [-0.25, -0.2) is 0 Å². The fraction of sp³-hybridized carbons (Fsp3) is 0.619. The molecule has 0 aliphatic heterocycles. The molecule has 0 unspecified atom stereocenters. The molecule has 0 heterocycles. The Hall–Kier alpha value is -1.45. The number of aliphatic imine (C=N–C) groups is 2. The van der Waals surface area contributed by atoms with Gasteiger partial charge in [0.25, 0.3) is 0 Å². The number of rotatable bonds is 16. The van der Waals surface area contributed by atoms with E-state index in [9.17, 15) is 5.11 Å². The van der Waals surface area contributed by atoms with Crippen LogP contribution in [0.2, 0.25) is 12.1 Å². The molecule has 0 aromatic heterocycles. The molecular formula is C21H38N2O7Si2. The van der Waals surface area contributed by atoms with Crippen LogP contribution in [0.3, 0.4) is 0 Å². The van der Waals surface area contributed by atoms with Gasteiger partial charge in [-0.3, -0.25) is 9.98 Å². The Labute approximate surface area is 194 Å². The summed E-state index contributed by atoms with van der Waals surface area (Å²) in [7, 11) is 4.43. The lowest BCUT2D eigenvalue weighted by Gasteiger charge is -2.23. The zero-order chi connectivity index (χ0) is 24.0. The lowest BCUT2D eigenvalue weighted by Crippen LogP contribution is -2.42. The van der Waals surface area contributed by atoms with Crippen LogP contribution in [0.25, 0.3) is 0 Å². The number of nitrogens with zero attached hydrogens (tertiary/aromatic N) is 2. The first-order valence-electron chi connectivity index (χ1n) is 10.5. The van der Waals surface area contributed by atoms with E-state index in [2.05, 4.69) is 9.98 Å². The largest absolute Gasteiger partial charge is 0.507 e. The molecule has 0 fully saturated rings. The van der Waals surface area contributed by atoms with Crippen molar-refractivity contribution in [1.29, 1.82) is 0 Å². The minimum Gasteiger partial charge on any atom is -0.507 e. The molecule has 0 bridgehead atoms. The smallest absolute Gasteiger partial charge is 0.500 e. The second-order valence-corrected chi connectivity index (χ2v) is 13.3. The highest BCUT2D eigenvalue weighted by Crippen LogP contribution is 2.22. The summed E-state index contributed by atoms with van der Waals surface area (Å²) in [5.74, 6) is 0.159. The van der Waals surface area contributed by atoms with Crippen molar-refractivity contribution in [3.8, 4) is 5.75 Å². The maximum Gasteiger partial charge on any atom is 0.500 e. The van der Waals surface area contributed by atoms with Crippen LogP contribution in [0.15, 0.2) is 22.1 Å². The molecule has 0 radical (unpaired) electrons. The number of benzene rings is 1. The fourth-order valence-electron chi connectivity index (χ4n) is 3.24. The number of phenolic OH excluding ortho intramolecular Hbond substituents is 1. The van der Waals surface area contributed by atoms with Crippen molar-refractivity contribution in [2.75, 3.05) is 55.7 Å². The predicted octanol–water partition coefficient (Wildman–Crippen LogP) is 3.07. The van der Waals surface area contributed by atoms with Gasteiger partial charge in [0.2, 0.25) is 0 Å². The molecule has 0 atom stereocenters. The van der Waals surface area contributed by atoms with Crippen molar-refractivity contribution >= 4 is 30.0 Å². The summed E-state index contributed by atoms with van der Waals surface area (Å²) in [6.45, 7) is 3.12. The van der Waals surface area contributed by atoms with Crippen molar-refractivity contribution < 1.29 is 31.7 Å². The van der Waals surface area contributed by atoms with E-state index in [-0.39, 0.29) is 5.75 Å². The Morgan fingerprint density at radius 1 is 0.719 bits per heavy atom. The van der Waals surface area contributed by atoms with E-state index >= 15 is 0 Å². The molecule has 0 saturated carbocycles. The van der Waals surface area contributed by atoms with Gasteiger partial charge in [0.15, 0.2) is 0 Å². The summed E-state index contributed by atoms with van der Waals surface area (Å²) in [6, 6.07) is 5.13. The Balaban J connectivity index is 2.69. The third-order valence-corrected chi connectivity index (χ3v) is 10.8. The van der Waals surface area contributed by atoms with E-state index in [0.29, 0.717) is 36.3 Å². The number of phenols is 1. The van der Waals surface area contributed by atoms with Crippen molar-refractivity contribution in [1.82, 2.24) is 0 Å². The van der Waals surface area contributed by atoms with Gasteiger partial charge in [-0.15, -0.1) is 0 Å². The second-order valence-electron chi connectivity index (χ2n) is 7.16. The Bertz CT molecular complexity index is 665. The van der Waals surface area contributed by atoms with Crippen LogP contribution < -0.4 is 0 Å². The highest BCUT2D eigenvalue weighted by molar-refractivity contribution is 6.60. The van der Waals surface area contributed by atoms with Crippen LogP contribution >= 0.6 is 0 Å². The normalized spacial score (nSPS) is 13.0. The molecule has 0 amide bonds. The Kier molecular flexibility index (Phi) is 13.1. The Morgan fingerprint density at radius 3 is 1.38 bits per heavy atom. The molecule has 0 spiro atoms. The van der Waals surface area contributed by atoms with Gasteiger partial charge in [-0.2, -0.15) is 0 Å². The van der Waals surface area contributed by atoms with Crippen LogP contribution in [0.4, 0.5) is 0 Å². The van der Waals surface area contributed by atoms with E-state index in [0.717, 1.165) is 18.4 Å². The number of aromatic hydroxyl groups is 1. The van der Waals surface area contributed by atoms with Crippen molar-refractivity contribution in [3.63, 3.8) is 0 Å². The minimum atomic E-state index is -2.58. The topological polar surface area (TPSA) is 100 Å². The zero-order valence-corrected chi connectivity index (χ0v) is 22.3. The van der Waals surface area contributed by atoms with Gasteiger partial charge in [0, 0.05) is 91.4 Å². The van der Waals surface area contributed by atoms with Gasteiger partial charge < -0.3 is 31.7 Å². The fourth-order valence-corrected chi connectivity index (χ4v) is 6.65. The molecular weight excluding hydrogens is 448 g/mol. The molecule has 0 aliphatic rings. The highest BCUT2D eigenvalue weighted by atomic mass is 28.4. The van der Waals surface area contributed by atoms with E-state index in [1.807, 2.05) is 19.1 Å². The molecule has 0 aliphatic carbocycles. The van der Waals surface area contributed by atoms with Gasteiger partial charge in [-0.1, -0.05) is 0 Å². The van der Waals surface area contributed by atoms with Gasteiger partial charge in [0.1, 0.15) is 5.75 Å². The summed E-state index contributed by atoms with van der Waals surface area (Å²) in [5.41, 5.74) is 2.33. The van der Waals surface area contributed by atoms with Crippen LogP contribution in [-0.2, 0) is 26.6 Å². The van der Waals surface area contributed by atoms with Crippen molar-refractivity contribution in [2.24, 2.45) is 9.98 Å². The van der Waals surface area contributed by atoms with Gasteiger partial charge in [-0.05, 0) is 37.5 Å². The summed E-state index contributed by atoms with van der Waals surface area (Å²) < 4.78 is 32.5. The molecule has 32 heavy (non-hydrogen) atoms. The van der Waals surface area contributed by atoms with Crippen molar-refractivity contribution in [2.45, 2.75) is 31.9 Å². The van der Waals surface area contributed by atoms with Crippen LogP contribution in [0, 0.1) is 6.92 Å². The SMILES string of the molecule is CO[Si](CCCN=Cc1cc(C)cc(C=NCCC[Si](OC)(OC)OC)c1O)(OC)OC. The Morgan fingerprint density at radius 2 is 1.06 bits per heavy atom. The summed E-state index contributed by atoms with van der Waals surface area (Å²) in [4.78, 5) is 8.89. The molecule has 11 heteroatoms. The van der Waals surface area contributed by atoms with E-state index < -0.39 is 17.6 Å². The van der Waals surface area contributed by atoms with E-state index in [1.165, 1.54) is 0 Å². The number of aryl methyl sites for hydroxylation is 1. The molecule has 1 aromatic rings. The van der Waals surface area contributed by atoms with E-state index in [1.54, 1.807) is 55.1 Å². The maximum absolute atomic E-state index is 10.6. The predicted molar refractivity (Wildman–Crippen MR) is 130 cm³/mol. The zero-order valence-electron chi connectivity index (χ0n) is 20.3. The van der Waals surface area contributed by atoms with Crippen LogP contribution in [0.1, 0.15) is 29.5 Å². The maximum atomic E-state index is 10.6. The number of hydrogen-bond donors (Lipinski definition) is 1. The third-order valence-electron chi connectivity index (χ3n) is 5.18. The van der Waals surface area contributed by atoms with Gasteiger partial charge in [0.05, 0.1) is 0 Å². The number of hydrogen-bond acceptors (Lipinski definition) is 9. The lowest BCUT2D eigenvalue weighted by atomic mass is 10.1. The lowest BCUT2D eigenvalue weighted by molar-refractivity contribution is 0.122. The van der Waals surface area contributed by atoms with Crippen LogP contribution in [-0.4, -0.2) is 90.9 Å². The monoisotopic (exact) mass is 486 g/mol. The average Bonchev–Trinajstić information content (AvgIpc) is 2.82. The van der Waals surface area contributed by atoms with Crippen molar-refractivity contribution in [3.05, 3.63) is 28.8 Å². The first-order chi connectivity index (χ1) is 15.3. The highest BCUT2D eigenvalue weighted by Gasteiger charge is 2.37. The summed E-state index contributed by atoms with van der Waals surface area (Å²) in [6.07, 6.45) is 4.89. The minimum absolute atomic E-state index is 0.159. The van der Waals surface area contributed by atoms with Crippen LogP contribution in [0.5, 0.6) is 5.75 Å². The molecule has 0 saturated heterocycles. The first kappa shape index (κ1) is 28.6. The standard InChI is InChI=1S/C21H38N2O7Si2/c1-18-14-19(16-22-10-8-12-31(25-2,26-3)27-4)21(24)20(15-18)17-23-11-9-13-32(28-5,29-6)30-7/h14-17,24H,8-13H2,1-7H3. The first-order valence-corrected chi connectivity index (χ1v) is 14.3. The van der Waals surface area contributed by atoms with Gasteiger partial charge >= 0.3 is 17.6 Å². The molecule has 1 rings (SSSR count).